The number of amides is 1. The van der Waals surface area contributed by atoms with Crippen molar-refractivity contribution in [1.82, 2.24) is 4.90 Å². The van der Waals surface area contributed by atoms with Gasteiger partial charge in [0.1, 0.15) is 17.2 Å². The summed E-state index contributed by atoms with van der Waals surface area (Å²) in [6.07, 6.45) is 1.82. The molecule has 5 heteroatoms. The molecule has 2 aromatic rings. The van der Waals surface area contributed by atoms with Gasteiger partial charge in [0.05, 0.1) is 19.8 Å². The quantitative estimate of drug-likeness (QED) is 0.926. The van der Waals surface area contributed by atoms with Crippen LogP contribution in [0, 0.1) is 0 Å². The first-order chi connectivity index (χ1) is 12.1. The molecule has 1 saturated heterocycles. The third kappa shape index (κ3) is 3.71. The van der Waals surface area contributed by atoms with Gasteiger partial charge in [0.2, 0.25) is 0 Å². The Morgan fingerprint density at radius 3 is 2.32 bits per heavy atom. The van der Waals surface area contributed by atoms with Crippen LogP contribution in [0.3, 0.4) is 0 Å². The van der Waals surface area contributed by atoms with Gasteiger partial charge in [-0.15, -0.1) is 0 Å². The van der Waals surface area contributed by atoms with Crippen LogP contribution in [0.1, 0.15) is 34.7 Å². The van der Waals surface area contributed by atoms with E-state index in [9.17, 15) is 9.90 Å². The van der Waals surface area contributed by atoms with E-state index >= 15 is 0 Å². The van der Waals surface area contributed by atoms with Gasteiger partial charge >= 0.3 is 0 Å². The molecule has 25 heavy (non-hydrogen) atoms. The van der Waals surface area contributed by atoms with Crippen LogP contribution in [0.25, 0.3) is 0 Å². The second-order valence-corrected chi connectivity index (χ2v) is 6.22. The van der Waals surface area contributed by atoms with Crippen molar-refractivity contribution in [1.29, 1.82) is 0 Å². The molecule has 5 nitrogen and oxygen atoms in total. The van der Waals surface area contributed by atoms with Crippen molar-refractivity contribution in [3.63, 3.8) is 0 Å². The van der Waals surface area contributed by atoms with Crippen LogP contribution in [0.4, 0.5) is 0 Å². The monoisotopic (exact) mass is 341 g/mol. The number of likely N-dealkylation sites (tertiary alicyclic amines) is 1. The molecule has 1 aliphatic heterocycles. The highest BCUT2D eigenvalue weighted by atomic mass is 16.5. The van der Waals surface area contributed by atoms with Crippen molar-refractivity contribution in [2.24, 2.45) is 0 Å². The van der Waals surface area contributed by atoms with E-state index in [4.69, 9.17) is 9.47 Å². The summed E-state index contributed by atoms with van der Waals surface area (Å²) in [4.78, 5) is 14.7. The van der Waals surface area contributed by atoms with Gasteiger partial charge in [-0.3, -0.25) is 4.79 Å². The number of carbonyl (C=O) groups excluding carboxylic acids is 1. The molecule has 2 aromatic carbocycles. The zero-order valence-electron chi connectivity index (χ0n) is 14.6. The third-order valence-corrected chi connectivity index (χ3v) is 4.79. The SMILES string of the molecule is COc1ccc(C(=O)N2CCC(c3ccc(O)cc3)CC2)c(OC)c1. The van der Waals surface area contributed by atoms with E-state index < -0.39 is 0 Å². The van der Waals surface area contributed by atoms with Gasteiger partial charge in [0.15, 0.2) is 0 Å². The number of ether oxygens (including phenoxy) is 2. The number of phenolic OH excluding ortho intramolecular Hbond substituents is 1. The van der Waals surface area contributed by atoms with Crippen LogP contribution in [-0.2, 0) is 0 Å². The number of phenols is 1. The molecule has 0 spiro atoms. The minimum absolute atomic E-state index is 0.0105. The van der Waals surface area contributed by atoms with Gasteiger partial charge in [-0.2, -0.15) is 0 Å². The molecular formula is C20H23NO4. The van der Waals surface area contributed by atoms with Crippen molar-refractivity contribution < 1.29 is 19.4 Å². The van der Waals surface area contributed by atoms with Gasteiger partial charge < -0.3 is 19.5 Å². The lowest BCUT2D eigenvalue weighted by Gasteiger charge is -2.32. The Hall–Kier alpha value is -2.69. The van der Waals surface area contributed by atoms with Crippen LogP contribution >= 0.6 is 0 Å². The third-order valence-electron chi connectivity index (χ3n) is 4.79. The Balaban J connectivity index is 1.68. The number of carbonyl (C=O) groups is 1. The molecular weight excluding hydrogens is 318 g/mol. The summed E-state index contributed by atoms with van der Waals surface area (Å²) in [7, 11) is 3.15. The number of rotatable bonds is 4. The van der Waals surface area contributed by atoms with Gasteiger partial charge in [-0.1, -0.05) is 12.1 Å². The lowest BCUT2D eigenvalue weighted by Crippen LogP contribution is -2.38. The number of nitrogens with zero attached hydrogens (tertiary/aromatic N) is 1. The molecule has 0 aliphatic carbocycles. The number of methoxy groups -OCH3 is 2. The Labute approximate surface area is 147 Å². The van der Waals surface area contributed by atoms with Gasteiger partial charge in [-0.05, 0) is 48.6 Å². The van der Waals surface area contributed by atoms with Crippen molar-refractivity contribution in [2.75, 3.05) is 27.3 Å². The number of piperidine rings is 1. The molecule has 132 valence electrons. The fourth-order valence-corrected chi connectivity index (χ4v) is 3.31. The molecule has 1 heterocycles. The van der Waals surface area contributed by atoms with Gasteiger partial charge in [0, 0.05) is 19.2 Å². The van der Waals surface area contributed by atoms with Gasteiger partial charge in [0.25, 0.3) is 5.91 Å². The van der Waals surface area contributed by atoms with Crippen LogP contribution in [0.15, 0.2) is 42.5 Å². The minimum atomic E-state index is -0.0105. The van der Waals surface area contributed by atoms with Crippen LogP contribution in [-0.4, -0.2) is 43.2 Å². The van der Waals surface area contributed by atoms with Crippen LogP contribution in [0.5, 0.6) is 17.2 Å². The lowest BCUT2D eigenvalue weighted by molar-refractivity contribution is 0.0709. The maximum atomic E-state index is 12.8. The van der Waals surface area contributed by atoms with Gasteiger partial charge in [-0.25, -0.2) is 0 Å². The largest absolute Gasteiger partial charge is 0.508 e. The minimum Gasteiger partial charge on any atom is -0.508 e. The van der Waals surface area contributed by atoms with Crippen LogP contribution in [0.2, 0.25) is 0 Å². The highest BCUT2D eigenvalue weighted by Crippen LogP contribution is 2.31. The zero-order chi connectivity index (χ0) is 17.8. The van der Waals surface area contributed by atoms with Crippen molar-refractivity contribution in [3.05, 3.63) is 53.6 Å². The summed E-state index contributed by atoms with van der Waals surface area (Å²) in [5.41, 5.74) is 1.78. The first-order valence-corrected chi connectivity index (χ1v) is 8.42. The lowest BCUT2D eigenvalue weighted by atomic mass is 9.89. The van der Waals surface area contributed by atoms with Crippen molar-refractivity contribution >= 4 is 5.91 Å². The molecule has 0 atom stereocenters. The predicted molar refractivity (Wildman–Crippen MR) is 95.5 cm³/mol. The van der Waals surface area contributed by atoms with E-state index in [1.165, 1.54) is 5.56 Å². The predicted octanol–water partition coefficient (Wildman–Crippen LogP) is 3.43. The molecule has 3 rings (SSSR count). The van der Waals surface area contributed by atoms with E-state index in [1.807, 2.05) is 17.0 Å². The fraction of sp³-hybridized carbons (Fsp3) is 0.350. The Bertz CT molecular complexity index is 734. The highest BCUT2D eigenvalue weighted by molar-refractivity contribution is 5.97. The summed E-state index contributed by atoms with van der Waals surface area (Å²) >= 11 is 0. The van der Waals surface area contributed by atoms with E-state index in [0.29, 0.717) is 36.1 Å². The number of hydrogen-bond acceptors (Lipinski definition) is 4. The first kappa shape index (κ1) is 17.1. The summed E-state index contributed by atoms with van der Waals surface area (Å²) < 4.78 is 10.5. The average Bonchev–Trinajstić information content (AvgIpc) is 2.67. The molecule has 0 unspecified atom stereocenters. The second-order valence-electron chi connectivity index (χ2n) is 6.22. The first-order valence-electron chi connectivity index (χ1n) is 8.42. The second kappa shape index (κ2) is 7.47. The van der Waals surface area contributed by atoms with Crippen molar-refractivity contribution in [3.8, 4) is 17.2 Å². The summed E-state index contributed by atoms with van der Waals surface area (Å²) in [5, 5.41) is 9.41. The van der Waals surface area contributed by atoms with Crippen molar-refractivity contribution in [2.45, 2.75) is 18.8 Å². The number of benzene rings is 2. The Kier molecular flexibility index (Phi) is 5.12. The van der Waals surface area contributed by atoms with E-state index in [2.05, 4.69) is 0 Å². The standard InChI is InChI=1S/C20H23NO4/c1-24-17-7-8-18(19(13-17)25-2)20(23)21-11-9-15(10-12-21)14-3-5-16(22)6-4-14/h3-8,13,15,22H,9-12H2,1-2H3. The maximum Gasteiger partial charge on any atom is 0.257 e. The topological polar surface area (TPSA) is 59.0 Å². The summed E-state index contributed by atoms with van der Waals surface area (Å²) in [6.45, 7) is 1.42. The number of hydrogen-bond donors (Lipinski definition) is 1. The average molecular weight is 341 g/mol. The summed E-state index contributed by atoms with van der Waals surface area (Å²) in [5.74, 6) is 1.89. The zero-order valence-corrected chi connectivity index (χ0v) is 14.6. The van der Waals surface area contributed by atoms with E-state index in [0.717, 1.165) is 12.8 Å². The fourth-order valence-electron chi connectivity index (χ4n) is 3.31. The molecule has 1 aliphatic rings. The van der Waals surface area contributed by atoms with E-state index in [-0.39, 0.29) is 11.7 Å². The smallest absolute Gasteiger partial charge is 0.257 e. The molecule has 1 fully saturated rings. The molecule has 0 aromatic heterocycles. The summed E-state index contributed by atoms with van der Waals surface area (Å²) in [6, 6.07) is 12.6. The molecule has 0 radical (unpaired) electrons. The van der Waals surface area contributed by atoms with Crippen LogP contribution < -0.4 is 9.47 Å². The highest BCUT2D eigenvalue weighted by Gasteiger charge is 2.26. The maximum absolute atomic E-state index is 12.8. The molecule has 0 bridgehead atoms. The molecule has 1 amide bonds. The molecule has 1 N–H and O–H groups in total. The number of aromatic hydroxyl groups is 1. The van der Waals surface area contributed by atoms with E-state index in [1.54, 1.807) is 44.6 Å². The molecule has 0 saturated carbocycles. The normalized spacial score (nSPS) is 15.0. The Morgan fingerprint density at radius 1 is 1.04 bits per heavy atom. The Morgan fingerprint density at radius 2 is 1.72 bits per heavy atom.